The Kier molecular flexibility index (Phi) is 8.97. The van der Waals surface area contributed by atoms with E-state index in [0.29, 0.717) is 29.7 Å². The number of guanidine groups is 1. The number of nitrogens with one attached hydrogen (secondary N) is 2. The lowest BCUT2D eigenvalue weighted by atomic mass is 10.3. The number of ether oxygens (including phenoxy) is 2. The minimum Gasteiger partial charge on any atom is -0.489 e. The molecule has 1 atom stereocenters. The topological polar surface area (TPSA) is 84.8 Å². The summed E-state index contributed by atoms with van der Waals surface area (Å²) in [5, 5.41) is 7.06. The minimum atomic E-state index is -0.755. The highest BCUT2D eigenvalue weighted by atomic mass is 32.1. The molecule has 0 bridgehead atoms. The molecule has 0 saturated carbocycles. The van der Waals surface area contributed by atoms with Gasteiger partial charge in [-0.05, 0) is 39.8 Å². The number of carbonyl (C=O) groups excluding carboxylic acids is 1. The zero-order chi connectivity index (χ0) is 22.1. The van der Waals surface area contributed by atoms with Crippen molar-refractivity contribution in [2.75, 3.05) is 26.3 Å². The summed E-state index contributed by atoms with van der Waals surface area (Å²) in [4.78, 5) is 21.3. The molecular weight excluding hydrogens is 414 g/mol. The molecule has 0 saturated heterocycles. The van der Waals surface area contributed by atoms with Gasteiger partial charge in [0.15, 0.2) is 17.5 Å². The van der Waals surface area contributed by atoms with Crippen LogP contribution in [0.1, 0.15) is 47.2 Å². The van der Waals surface area contributed by atoms with E-state index in [-0.39, 0.29) is 30.9 Å². The van der Waals surface area contributed by atoms with Gasteiger partial charge in [-0.25, -0.2) is 23.6 Å². The van der Waals surface area contributed by atoms with E-state index >= 15 is 0 Å². The summed E-state index contributed by atoms with van der Waals surface area (Å²) in [7, 11) is 0. The molecule has 2 N–H and O–H groups in total. The lowest BCUT2D eigenvalue weighted by molar-refractivity contribution is 0.0531. The van der Waals surface area contributed by atoms with Gasteiger partial charge in [-0.15, -0.1) is 11.3 Å². The lowest BCUT2D eigenvalue weighted by Gasteiger charge is -2.16. The first-order valence-corrected chi connectivity index (χ1v) is 10.4. The third kappa shape index (κ3) is 6.65. The molecule has 1 aromatic heterocycles. The predicted molar refractivity (Wildman–Crippen MR) is 112 cm³/mol. The second-order valence-electron chi connectivity index (χ2n) is 6.24. The van der Waals surface area contributed by atoms with Gasteiger partial charge in [0.2, 0.25) is 0 Å². The number of esters is 1. The molecule has 10 heteroatoms. The standard InChI is InChI=1S/C20H26F2N4O3S/c1-5-23-20(24-9-10-29-16-8-7-14(21)11-15(16)22)26-13(4)18-25-12(3)17(30-18)19(27)28-6-2/h7-8,11,13H,5-6,9-10H2,1-4H3,(H2,23,24,26). The van der Waals surface area contributed by atoms with Crippen LogP contribution in [0.15, 0.2) is 23.2 Å². The third-order valence-corrected chi connectivity index (χ3v) is 5.17. The van der Waals surface area contributed by atoms with Crippen molar-refractivity contribution >= 4 is 23.3 Å². The Morgan fingerprint density at radius 2 is 2.10 bits per heavy atom. The first-order chi connectivity index (χ1) is 14.3. The van der Waals surface area contributed by atoms with Gasteiger partial charge < -0.3 is 20.1 Å². The number of hydrogen-bond donors (Lipinski definition) is 2. The molecule has 0 radical (unpaired) electrons. The molecule has 1 unspecified atom stereocenters. The largest absolute Gasteiger partial charge is 0.489 e. The van der Waals surface area contributed by atoms with E-state index < -0.39 is 11.6 Å². The Labute approximate surface area is 178 Å². The normalized spacial score (nSPS) is 12.4. The van der Waals surface area contributed by atoms with Gasteiger partial charge >= 0.3 is 5.97 Å². The summed E-state index contributed by atoms with van der Waals surface area (Å²) in [6, 6.07) is 2.94. The van der Waals surface area contributed by atoms with Crippen molar-refractivity contribution in [2.45, 2.75) is 33.7 Å². The number of nitrogens with zero attached hydrogens (tertiary/aromatic N) is 2. The number of benzene rings is 1. The van der Waals surface area contributed by atoms with Crippen LogP contribution >= 0.6 is 11.3 Å². The number of thiazole rings is 1. The van der Waals surface area contributed by atoms with Gasteiger partial charge in [-0.1, -0.05) is 0 Å². The van der Waals surface area contributed by atoms with Crippen LogP contribution in [0.2, 0.25) is 0 Å². The van der Waals surface area contributed by atoms with Crippen LogP contribution < -0.4 is 15.4 Å². The van der Waals surface area contributed by atoms with Crippen molar-refractivity contribution in [1.82, 2.24) is 15.6 Å². The molecule has 0 aliphatic carbocycles. The Morgan fingerprint density at radius 3 is 2.77 bits per heavy atom. The zero-order valence-corrected chi connectivity index (χ0v) is 18.2. The van der Waals surface area contributed by atoms with Crippen molar-refractivity contribution in [3.63, 3.8) is 0 Å². The summed E-state index contributed by atoms with van der Waals surface area (Å²) >= 11 is 1.28. The maximum atomic E-state index is 13.6. The Hall–Kier alpha value is -2.75. The molecule has 164 valence electrons. The molecule has 0 aliphatic heterocycles. The number of hydrogen-bond acceptors (Lipinski definition) is 6. The van der Waals surface area contributed by atoms with Crippen LogP contribution in [-0.4, -0.2) is 43.2 Å². The van der Waals surface area contributed by atoms with Gasteiger partial charge in [0, 0.05) is 12.6 Å². The molecule has 2 rings (SSSR count). The van der Waals surface area contributed by atoms with Crippen LogP contribution in [0.25, 0.3) is 0 Å². The molecule has 1 heterocycles. The maximum Gasteiger partial charge on any atom is 0.350 e. The number of rotatable bonds is 9. The van der Waals surface area contributed by atoms with Crippen LogP contribution in [0.4, 0.5) is 8.78 Å². The van der Waals surface area contributed by atoms with E-state index in [9.17, 15) is 13.6 Å². The highest BCUT2D eigenvalue weighted by molar-refractivity contribution is 7.13. The van der Waals surface area contributed by atoms with Gasteiger partial charge in [0.1, 0.15) is 22.3 Å². The molecule has 2 aromatic rings. The van der Waals surface area contributed by atoms with Crippen molar-refractivity contribution in [3.8, 4) is 5.75 Å². The average molecular weight is 441 g/mol. The Morgan fingerprint density at radius 1 is 1.33 bits per heavy atom. The van der Waals surface area contributed by atoms with Gasteiger partial charge in [0.05, 0.1) is 24.9 Å². The summed E-state index contributed by atoms with van der Waals surface area (Å²) in [5.74, 6) is -1.29. The molecule has 7 nitrogen and oxygen atoms in total. The van der Waals surface area contributed by atoms with Gasteiger partial charge in [0.25, 0.3) is 0 Å². The average Bonchev–Trinajstić information content (AvgIpc) is 3.09. The number of carbonyl (C=O) groups is 1. The van der Waals surface area contributed by atoms with Gasteiger partial charge in [-0.2, -0.15) is 0 Å². The zero-order valence-electron chi connectivity index (χ0n) is 17.4. The highest BCUT2D eigenvalue weighted by Gasteiger charge is 2.20. The van der Waals surface area contributed by atoms with E-state index in [1.807, 2.05) is 13.8 Å². The number of halogens is 2. The lowest BCUT2D eigenvalue weighted by Crippen LogP contribution is -2.39. The van der Waals surface area contributed by atoms with Crippen LogP contribution in [0.5, 0.6) is 5.75 Å². The number of aliphatic imine (C=N–C) groups is 1. The Balaban J connectivity index is 1.97. The SMILES string of the molecule is CCNC(=NCCOc1ccc(F)cc1F)NC(C)c1nc(C)c(C(=O)OCC)s1. The van der Waals surface area contributed by atoms with E-state index in [0.717, 1.165) is 17.1 Å². The predicted octanol–water partition coefficient (Wildman–Crippen LogP) is 3.60. The van der Waals surface area contributed by atoms with Crippen molar-refractivity contribution in [1.29, 1.82) is 0 Å². The maximum absolute atomic E-state index is 13.6. The fourth-order valence-electron chi connectivity index (χ4n) is 2.48. The Bertz CT molecular complexity index is 889. The highest BCUT2D eigenvalue weighted by Crippen LogP contribution is 2.24. The summed E-state index contributed by atoms with van der Waals surface area (Å²) in [5.41, 5.74) is 0.624. The fourth-order valence-corrected chi connectivity index (χ4v) is 3.44. The van der Waals surface area contributed by atoms with Crippen molar-refractivity contribution in [2.24, 2.45) is 4.99 Å². The van der Waals surface area contributed by atoms with Crippen molar-refractivity contribution < 1.29 is 23.0 Å². The van der Waals surface area contributed by atoms with Crippen molar-refractivity contribution in [3.05, 3.63) is 45.4 Å². The summed E-state index contributed by atoms with van der Waals surface area (Å²) < 4.78 is 36.9. The second-order valence-corrected chi connectivity index (χ2v) is 7.27. The molecular formula is C20H26F2N4O3S. The van der Waals surface area contributed by atoms with Crippen LogP contribution in [0.3, 0.4) is 0 Å². The molecule has 0 spiro atoms. The minimum absolute atomic E-state index is 0.0253. The molecule has 30 heavy (non-hydrogen) atoms. The first-order valence-electron chi connectivity index (χ1n) is 9.62. The van der Waals surface area contributed by atoms with Crippen LogP contribution in [0, 0.1) is 18.6 Å². The van der Waals surface area contributed by atoms with Gasteiger partial charge in [-0.3, -0.25) is 0 Å². The monoisotopic (exact) mass is 440 g/mol. The number of aromatic nitrogens is 1. The smallest absolute Gasteiger partial charge is 0.350 e. The number of aryl methyl sites for hydroxylation is 1. The third-order valence-electron chi connectivity index (χ3n) is 3.85. The van der Waals surface area contributed by atoms with E-state index in [1.54, 1.807) is 13.8 Å². The molecule has 0 amide bonds. The quantitative estimate of drug-likeness (QED) is 0.268. The van der Waals surface area contributed by atoms with E-state index in [2.05, 4.69) is 20.6 Å². The molecule has 1 aromatic carbocycles. The second kappa shape index (κ2) is 11.4. The summed E-state index contributed by atoms with van der Waals surface area (Å²) in [6.07, 6.45) is 0. The summed E-state index contributed by atoms with van der Waals surface area (Å²) in [6.45, 7) is 8.68. The molecule has 0 fully saturated rings. The van der Waals surface area contributed by atoms with E-state index in [4.69, 9.17) is 9.47 Å². The van der Waals surface area contributed by atoms with E-state index in [1.165, 1.54) is 17.4 Å². The first kappa shape index (κ1) is 23.5. The fraction of sp³-hybridized carbons (Fsp3) is 0.450. The molecule has 0 aliphatic rings. The van der Waals surface area contributed by atoms with Crippen LogP contribution in [-0.2, 0) is 4.74 Å².